The minimum absolute atomic E-state index is 0.134. The summed E-state index contributed by atoms with van der Waals surface area (Å²) in [5.74, 6) is 1.16. The van der Waals surface area contributed by atoms with Crippen LogP contribution in [0.1, 0.15) is 48.2 Å². The first kappa shape index (κ1) is 20.7. The van der Waals surface area contributed by atoms with Gasteiger partial charge in [0.05, 0.1) is 19.2 Å². The molecular formula is C25H32N6O2. The van der Waals surface area contributed by atoms with Crippen LogP contribution in [0.2, 0.25) is 0 Å². The fourth-order valence-corrected chi connectivity index (χ4v) is 5.64. The van der Waals surface area contributed by atoms with Crippen LogP contribution in [-0.2, 0) is 28.9 Å². The number of nitrogens with one attached hydrogen (secondary N) is 1. The van der Waals surface area contributed by atoms with E-state index in [4.69, 9.17) is 9.84 Å². The quantitative estimate of drug-likeness (QED) is 0.779. The highest BCUT2D eigenvalue weighted by Crippen LogP contribution is 2.40. The molecule has 2 aromatic rings. The molecule has 0 saturated carbocycles. The third-order valence-corrected chi connectivity index (χ3v) is 7.46. The number of fused-ring (bicyclic) bond motifs is 2. The number of anilines is 2. The monoisotopic (exact) mass is 448 g/mol. The molecule has 4 aliphatic rings. The van der Waals surface area contributed by atoms with E-state index in [0.29, 0.717) is 6.54 Å². The van der Waals surface area contributed by atoms with Crippen molar-refractivity contribution >= 4 is 23.0 Å². The summed E-state index contributed by atoms with van der Waals surface area (Å²) in [6.45, 7) is 6.37. The van der Waals surface area contributed by atoms with Crippen LogP contribution in [-0.4, -0.2) is 65.5 Å². The molecule has 1 fully saturated rings. The van der Waals surface area contributed by atoms with Gasteiger partial charge in [-0.05, 0) is 42.0 Å². The van der Waals surface area contributed by atoms with Crippen molar-refractivity contribution in [3.8, 4) is 0 Å². The van der Waals surface area contributed by atoms with E-state index in [9.17, 15) is 4.79 Å². The molecule has 174 valence electrons. The normalized spacial score (nSPS) is 22.4. The summed E-state index contributed by atoms with van der Waals surface area (Å²) in [4.78, 5) is 16.6. The predicted molar refractivity (Wildman–Crippen MR) is 127 cm³/mol. The van der Waals surface area contributed by atoms with Crippen molar-refractivity contribution in [2.24, 2.45) is 0 Å². The van der Waals surface area contributed by atoms with E-state index in [-0.39, 0.29) is 11.9 Å². The number of amides is 1. The molecule has 1 atom stereocenters. The molecule has 1 aromatic carbocycles. The van der Waals surface area contributed by atoms with Crippen LogP contribution >= 0.6 is 0 Å². The third-order valence-electron chi connectivity index (χ3n) is 7.46. The zero-order chi connectivity index (χ0) is 22.5. The molecule has 1 saturated heterocycles. The second-order valence-electron chi connectivity index (χ2n) is 9.60. The SMILES string of the molecule is CC(=O)N1CCc2c(c(N3CCCc4ccc(C5=CN(C)NC5)cc43)nn2C2CCOC2)C1. The Morgan fingerprint density at radius 2 is 2.15 bits per heavy atom. The van der Waals surface area contributed by atoms with Crippen LogP contribution in [0.4, 0.5) is 11.5 Å². The number of hydrazine groups is 1. The molecule has 1 N–H and O–H groups in total. The largest absolute Gasteiger partial charge is 0.379 e. The number of hydrogen-bond donors (Lipinski definition) is 1. The topological polar surface area (TPSA) is 65.9 Å². The van der Waals surface area contributed by atoms with Crippen LogP contribution in [0.5, 0.6) is 0 Å². The Bertz CT molecular complexity index is 1120. The Labute approximate surface area is 194 Å². The first-order valence-electron chi connectivity index (χ1n) is 12.1. The number of hydrogen-bond acceptors (Lipinski definition) is 6. The van der Waals surface area contributed by atoms with E-state index >= 15 is 0 Å². The molecule has 0 spiro atoms. The number of aromatic nitrogens is 2. The summed E-state index contributed by atoms with van der Waals surface area (Å²) in [6.07, 6.45) is 6.20. The molecule has 8 nitrogen and oxygen atoms in total. The molecule has 8 heteroatoms. The highest BCUT2D eigenvalue weighted by atomic mass is 16.5. The van der Waals surface area contributed by atoms with E-state index in [0.717, 1.165) is 64.3 Å². The zero-order valence-electron chi connectivity index (χ0n) is 19.5. The van der Waals surface area contributed by atoms with Crippen molar-refractivity contribution in [2.75, 3.05) is 44.8 Å². The Morgan fingerprint density at radius 1 is 1.24 bits per heavy atom. The molecule has 1 unspecified atom stereocenters. The van der Waals surface area contributed by atoms with E-state index in [2.05, 4.69) is 39.4 Å². The van der Waals surface area contributed by atoms with Gasteiger partial charge in [0.15, 0.2) is 5.82 Å². The lowest BCUT2D eigenvalue weighted by Gasteiger charge is -2.33. The summed E-state index contributed by atoms with van der Waals surface area (Å²) < 4.78 is 7.93. The van der Waals surface area contributed by atoms with Crippen LogP contribution in [0, 0.1) is 0 Å². The summed E-state index contributed by atoms with van der Waals surface area (Å²) in [6, 6.07) is 7.15. The lowest BCUT2D eigenvalue weighted by Crippen LogP contribution is -2.35. The van der Waals surface area contributed by atoms with Gasteiger partial charge in [-0.1, -0.05) is 12.1 Å². The van der Waals surface area contributed by atoms with Gasteiger partial charge in [0.25, 0.3) is 0 Å². The van der Waals surface area contributed by atoms with Gasteiger partial charge < -0.3 is 19.5 Å². The molecule has 4 aliphatic heterocycles. The Balaban J connectivity index is 1.44. The fourth-order valence-electron chi connectivity index (χ4n) is 5.64. The maximum Gasteiger partial charge on any atom is 0.219 e. The van der Waals surface area contributed by atoms with Gasteiger partial charge in [-0.15, -0.1) is 0 Å². The summed E-state index contributed by atoms with van der Waals surface area (Å²) in [5, 5.41) is 7.24. The van der Waals surface area contributed by atoms with E-state index < -0.39 is 0 Å². The van der Waals surface area contributed by atoms with Gasteiger partial charge in [0, 0.05) is 69.8 Å². The van der Waals surface area contributed by atoms with Crippen molar-refractivity contribution in [1.82, 2.24) is 25.1 Å². The van der Waals surface area contributed by atoms with Crippen LogP contribution in [0.25, 0.3) is 5.57 Å². The molecule has 6 rings (SSSR count). The molecule has 5 heterocycles. The lowest BCUT2D eigenvalue weighted by molar-refractivity contribution is -0.129. The molecule has 1 amide bonds. The highest BCUT2D eigenvalue weighted by molar-refractivity contribution is 5.77. The molecule has 0 radical (unpaired) electrons. The van der Waals surface area contributed by atoms with Crippen LogP contribution in [0.15, 0.2) is 24.4 Å². The molecule has 0 bridgehead atoms. The van der Waals surface area contributed by atoms with E-state index in [1.807, 2.05) is 17.0 Å². The number of carbonyl (C=O) groups is 1. The van der Waals surface area contributed by atoms with E-state index in [1.54, 1.807) is 6.92 Å². The van der Waals surface area contributed by atoms with Crippen LogP contribution in [0.3, 0.4) is 0 Å². The molecule has 33 heavy (non-hydrogen) atoms. The number of nitrogens with zero attached hydrogens (tertiary/aromatic N) is 5. The summed E-state index contributed by atoms with van der Waals surface area (Å²) in [5.41, 5.74) is 11.0. The van der Waals surface area contributed by atoms with Gasteiger partial charge in [-0.2, -0.15) is 5.10 Å². The van der Waals surface area contributed by atoms with Crippen molar-refractivity contribution in [3.63, 3.8) is 0 Å². The van der Waals surface area contributed by atoms with Gasteiger partial charge in [0.1, 0.15) is 0 Å². The van der Waals surface area contributed by atoms with Gasteiger partial charge in [0.2, 0.25) is 5.91 Å². The van der Waals surface area contributed by atoms with Crippen molar-refractivity contribution in [1.29, 1.82) is 0 Å². The third kappa shape index (κ3) is 3.61. The average molecular weight is 449 g/mol. The highest BCUT2D eigenvalue weighted by Gasteiger charge is 2.33. The lowest BCUT2D eigenvalue weighted by atomic mass is 9.96. The first-order valence-corrected chi connectivity index (χ1v) is 12.1. The maximum absolute atomic E-state index is 12.2. The standard InChI is InChI=1S/C25H32N6O2/c1-17(32)29-10-7-23-22(15-29)25(27-31(23)21-8-11-33-16-21)30-9-3-4-18-5-6-19(12-24(18)30)20-13-26-28(2)14-20/h5-6,12,14,21,26H,3-4,7-11,13,15-16H2,1-2H3. The van der Waals surface area contributed by atoms with Gasteiger partial charge >= 0.3 is 0 Å². The first-order chi connectivity index (χ1) is 16.1. The molecule has 1 aromatic heterocycles. The molecular weight excluding hydrogens is 416 g/mol. The second kappa shape index (κ2) is 8.18. The summed E-state index contributed by atoms with van der Waals surface area (Å²) >= 11 is 0. The predicted octanol–water partition coefficient (Wildman–Crippen LogP) is 2.62. The van der Waals surface area contributed by atoms with Gasteiger partial charge in [-0.3, -0.25) is 9.48 Å². The number of carbonyl (C=O) groups excluding carboxylic acids is 1. The minimum Gasteiger partial charge on any atom is -0.379 e. The second-order valence-corrected chi connectivity index (χ2v) is 9.60. The van der Waals surface area contributed by atoms with E-state index in [1.165, 1.54) is 33.6 Å². The molecule has 0 aliphatic carbocycles. The van der Waals surface area contributed by atoms with Crippen LogP contribution < -0.4 is 10.3 Å². The Kier molecular flexibility index (Phi) is 5.14. The maximum atomic E-state index is 12.2. The fraction of sp³-hybridized carbons (Fsp3) is 0.520. The Morgan fingerprint density at radius 3 is 2.91 bits per heavy atom. The number of rotatable bonds is 3. The summed E-state index contributed by atoms with van der Waals surface area (Å²) in [7, 11) is 2.03. The zero-order valence-corrected chi connectivity index (χ0v) is 19.5. The Hall–Kier alpha value is -2.84. The minimum atomic E-state index is 0.134. The average Bonchev–Trinajstić information content (AvgIpc) is 3.57. The number of benzene rings is 1. The van der Waals surface area contributed by atoms with Crippen molar-refractivity contribution in [2.45, 2.75) is 45.2 Å². The smallest absolute Gasteiger partial charge is 0.219 e. The van der Waals surface area contributed by atoms with Gasteiger partial charge in [-0.25, -0.2) is 5.43 Å². The van der Waals surface area contributed by atoms with Crippen molar-refractivity contribution in [3.05, 3.63) is 46.8 Å². The number of aryl methyl sites for hydroxylation is 1. The number of ether oxygens (including phenoxy) is 1. The van der Waals surface area contributed by atoms with Crippen molar-refractivity contribution < 1.29 is 9.53 Å².